The van der Waals surface area contributed by atoms with Crippen molar-refractivity contribution in [3.05, 3.63) is 39.9 Å². The van der Waals surface area contributed by atoms with Gasteiger partial charge in [-0.05, 0) is 13.0 Å². The van der Waals surface area contributed by atoms with Crippen LogP contribution in [0, 0.1) is 10.1 Å². The number of hydrogen-bond donors (Lipinski definition) is 0. The first kappa shape index (κ1) is 12.8. The van der Waals surface area contributed by atoms with Crippen LogP contribution >= 0.6 is 0 Å². The first-order chi connectivity index (χ1) is 8.00. The van der Waals surface area contributed by atoms with E-state index in [9.17, 15) is 19.7 Å². The van der Waals surface area contributed by atoms with E-state index in [1.54, 1.807) is 6.07 Å². The highest BCUT2D eigenvalue weighted by atomic mass is 16.6. The number of esters is 1. The highest BCUT2D eigenvalue weighted by molar-refractivity contribution is 5.94. The van der Waals surface area contributed by atoms with Gasteiger partial charge in [-0.1, -0.05) is 12.1 Å². The fourth-order valence-corrected chi connectivity index (χ4v) is 1.22. The summed E-state index contributed by atoms with van der Waals surface area (Å²) in [6, 6.07) is 5.97. The lowest BCUT2D eigenvalue weighted by Crippen LogP contribution is -2.09. The molecule has 0 aliphatic rings. The molecule has 1 rings (SSSR count). The number of carbonyl (C=O) groups excluding carboxylic acids is 2. The largest absolute Gasteiger partial charge is 0.460 e. The van der Waals surface area contributed by atoms with Gasteiger partial charge in [-0.2, -0.15) is 0 Å². The molecule has 0 bridgehead atoms. The van der Waals surface area contributed by atoms with Crippen LogP contribution in [-0.4, -0.2) is 16.7 Å². The molecule has 0 unspecified atom stereocenters. The van der Waals surface area contributed by atoms with Crippen molar-refractivity contribution >= 4 is 17.4 Å². The highest BCUT2D eigenvalue weighted by Gasteiger charge is 2.14. The van der Waals surface area contributed by atoms with E-state index >= 15 is 0 Å². The van der Waals surface area contributed by atoms with E-state index in [2.05, 4.69) is 0 Å². The predicted molar refractivity (Wildman–Crippen MR) is 58.2 cm³/mol. The van der Waals surface area contributed by atoms with Crippen LogP contribution in [0.4, 0.5) is 5.69 Å². The Balaban J connectivity index is 2.66. The molecule has 0 aliphatic carbocycles. The predicted octanol–water partition coefficient (Wildman–Crippen LogP) is 1.62. The van der Waals surface area contributed by atoms with E-state index < -0.39 is 10.9 Å². The Morgan fingerprint density at radius 3 is 2.59 bits per heavy atom. The Labute approximate surface area is 97.3 Å². The number of carbonyl (C=O) groups is 2. The molecule has 0 fully saturated rings. The summed E-state index contributed by atoms with van der Waals surface area (Å²) in [5.74, 6) is -0.992. The second-order valence-electron chi connectivity index (χ2n) is 3.43. The van der Waals surface area contributed by atoms with Gasteiger partial charge in [0.25, 0.3) is 5.69 Å². The SMILES string of the molecule is CC(=O)CC(=O)OCc1ccccc1[N+](=O)[O-]. The fourth-order valence-electron chi connectivity index (χ4n) is 1.22. The van der Waals surface area contributed by atoms with Crippen molar-refractivity contribution in [1.29, 1.82) is 0 Å². The van der Waals surface area contributed by atoms with E-state index in [1.165, 1.54) is 25.1 Å². The van der Waals surface area contributed by atoms with Crippen molar-refractivity contribution in [2.75, 3.05) is 0 Å². The lowest BCUT2D eigenvalue weighted by atomic mass is 10.2. The van der Waals surface area contributed by atoms with Gasteiger partial charge < -0.3 is 4.74 Å². The van der Waals surface area contributed by atoms with Gasteiger partial charge >= 0.3 is 5.97 Å². The average molecular weight is 237 g/mol. The standard InChI is InChI=1S/C11H11NO5/c1-8(13)6-11(14)17-7-9-4-2-3-5-10(9)12(15)16/h2-5H,6-7H2,1H3. The number of benzene rings is 1. The fraction of sp³-hybridized carbons (Fsp3) is 0.273. The number of nitrogens with zero attached hydrogens (tertiary/aromatic N) is 1. The summed E-state index contributed by atoms with van der Waals surface area (Å²) in [5, 5.41) is 10.7. The van der Waals surface area contributed by atoms with Crippen LogP contribution in [0.25, 0.3) is 0 Å². The third kappa shape index (κ3) is 4.02. The van der Waals surface area contributed by atoms with Gasteiger partial charge in [-0.25, -0.2) is 0 Å². The van der Waals surface area contributed by atoms with E-state index in [1.807, 2.05) is 0 Å². The molecule has 1 aromatic carbocycles. The minimum atomic E-state index is -0.685. The molecule has 0 aliphatic heterocycles. The molecule has 1 aromatic rings. The van der Waals surface area contributed by atoms with Crippen LogP contribution in [0.15, 0.2) is 24.3 Å². The Morgan fingerprint density at radius 2 is 2.00 bits per heavy atom. The van der Waals surface area contributed by atoms with Crippen molar-refractivity contribution < 1.29 is 19.2 Å². The van der Waals surface area contributed by atoms with Crippen molar-refractivity contribution in [3.63, 3.8) is 0 Å². The molecule has 6 nitrogen and oxygen atoms in total. The van der Waals surface area contributed by atoms with E-state index in [0.29, 0.717) is 5.56 Å². The molecule has 0 atom stereocenters. The number of ketones is 1. The van der Waals surface area contributed by atoms with E-state index in [0.717, 1.165) is 0 Å². The molecule has 0 N–H and O–H groups in total. The zero-order valence-corrected chi connectivity index (χ0v) is 9.21. The highest BCUT2D eigenvalue weighted by Crippen LogP contribution is 2.18. The topological polar surface area (TPSA) is 86.5 Å². The average Bonchev–Trinajstić information content (AvgIpc) is 2.25. The number of para-hydroxylation sites is 1. The van der Waals surface area contributed by atoms with Gasteiger partial charge in [0, 0.05) is 6.07 Å². The second kappa shape index (κ2) is 5.74. The van der Waals surface area contributed by atoms with Crippen LogP contribution in [0.3, 0.4) is 0 Å². The molecular formula is C11H11NO5. The normalized spacial score (nSPS) is 9.71. The summed E-state index contributed by atoms with van der Waals surface area (Å²) in [4.78, 5) is 31.8. The number of hydrogen-bond acceptors (Lipinski definition) is 5. The molecule has 0 aromatic heterocycles. The summed E-state index contributed by atoms with van der Waals surface area (Å²) >= 11 is 0. The number of ether oxygens (including phenoxy) is 1. The molecule has 0 spiro atoms. The maximum Gasteiger partial charge on any atom is 0.313 e. The Hall–Kier alpha value is -2.24. The monoisotopic (exact) mass is 237 g/mol. The first-order valence-electron chi connectivity index (χ1n) is 4.88. The van der Waals surface area contributed by atoms with Crippen LogP contribution in [0.5, 0.6) is 0 Å². The van der Waals surface area contributed by atoms with E-state index in [4.69, 9.17) is 4.74 Å². The van der Waals surface area contributed by atoms with Gasteiger partial charge in [0.05, 0.1) is 10.5 Å². The zero-order valence-electron chi connectivity index (χ0n) is 9.21. The van der Waals surface area contributed by atoms with Gasteiger partial charge in [0.15, 0.2) is 0 Å². The Bertz CT molecular complexity index is 455. The minimum absolute atomic E-state index is 0.108. The van der Waals surface area contributed by atoms with Crippen molar-refractivity contribution in [1.82, 2.24) is 0 Å². The van der Waals surface area contributed by atoms with Crippen LogP contribution in [-0.2, 0) is 20.9 Å². The molecule has 0 radical (unpaired) electrons. The number of nitro benzene ring substituents is 1. The molecule has 0 amide bonds. The maximum absolute atomic E-state index is 11.1. The lowest BCUT2D eigenvalue weighted by Gasteiger charge is -2.04. The maximum atomic E-state index is 11.1. The van der Waals surface area contributed by atoms with E-state index in [-0.39, 0.29) is 24.5 Å². The van der Waals surface area contributed by atoms with Crippen molar-refractivity contribution in [2.24, 2.45) is 0 Å². The van der Waals surface area contributed by atoms with Gasteiger partial charge in [-0.3, -0.25) is 19.7 Å². The van der Waals surface area contributed by atoms with Crippen molar-refractivity contribution in [3.8, 4) is 0 Å². The smallest absolute Gasteiger partial charge is 0.313 e. The molecule has 6 heteroatoms. The second-order valence-corrected chi connectivity index (χ2v) is 3.43. The summed E-state index contributed by atoms with van der Waals surface area (Å²) in [7, 11) is 0. The van der Waals surface area contributed by atoms with Crippen LogP contribution < -0.4 is 0 Å². The lowest BCUT2D eigenvalue weighted by molar-refractivity contribution is -0.385. The van der Waals surface area contributed by atoms with Gasteiger partial charge in [0.2, 0.25) is 0 Å². The van der Waals surface area contributed by atoms with Crippen LogP contribution in [0.1, 0.15) is 18.9 Å². The Morgan fingerprint density at radius 1 is 1.35 bits per heavy atom. The third-order valence-corrected chi connectivity index (χ3v) is 1.97. The summed E-state index contributed by atoms with van der Waals surface area (Å²) < 4.78 is 4.77. The van der Waals surface area contributed by atoms with Crippen LogP contribution in [0.2, 0.25) is 0 Å². The molecule has 0 saturated carbocycles. The third-order valence-electron chi connectivity index (χ3n) is 1.97. The number of rotatable bonds is 5. The quantitative estimate of drug-likeness (QED) is 0.336. The summed E-state index contributed by atoms with van der Waals surface area (Å²) in [6.45, 7) is 1.06. The molecular weight excluding hydrogens is 226 g/mol. The molecule has 90 valence electrons. The number of nitro groups is 1. The minimum Gasteiger partial charge on any atom is -0.460 e. The number of Topliss-reactive ketones (excluding diaryl/α,β-unsaturated/α-hetero) is 1. The molecule has 0 saturated heterocycles. The summed E-state index contributed by atoms with van der Waals surface area (Å²) in [5.41, 5.74) is 0.192. The molecule has 0 heterocycles. The first-order valence-corrected chi connectivity index (χ1v) is 4.88. The summed E-state index contributed by atoms with van der Waals surface area (Å²) in [6.07, 6.45) is -0.319. The van der Waals surface area contributed by atoms with Gasteiger partial charge in [0.1, 0.15) is 18.8 Å². The van der Waals surface area contributed by atoms with Gasteiger partial charge in [-0.15, -0.1) is 0 Å². The zero-order chi connectivity index (χ0) is 12.8. The van der Waals surface area contributed by atoms with Crippen molar-refractivity contribution in [2.45, 2.75) is 20.0 Å². The molecule has 17 heavy (non-hydrogen) atoms. The Kier molecular flexibility index (Phi) is 4.33.